The van der Waals surface area contributed by atoms with Crippen LogP contribution in [0.3, 0.4) is 0 Å². The number of hydrogen-bond acceptors (Lipinski definition) is 6. The van der Waals surface area contributed by atoms with Crippen LogP contribution in [0, 0.1) is 5.92 Å². The van der Waals surface area contributed by atoms with Crippen LogP contribution in [0.25, 0.3) is 22.3 Å². The van der Waals surface area contributed by atoms with Gasteiger partial charge < -0.3 is 19.7 Å². The van der Waals surface area contributed by atoms with E-state index in [4.69, 9.17) is 21.3 Å². The van der Waals surface area contributed by atoms with Gasteiger partial charge in [0.05, 0.1) is 35.4 Å². The van der Waals surface area contributed by atoms with Gasteiger partial charge in [0, 0.05) is 22.5 Å². The topological polar surface area (TPSA) is 111 Å². The molecule has 0 saturated heterocycles. The predicted molar refractivity (Wildman–Crippen MR) is 132 cm³/mol. The molecule has 4 heterocycles. The summed E-state index contributed by atoms with van der Waals surface area (Å²) < 4.78 is 6.81. The molecule has 184 valence electrons. The van der Waals surface area contributed by atoms with E-state index in [9.17, 15) is 19.5 Å². The van der Waals surface area contributed by atoms with Gasteiger partial charge in [-0.2, -0.15) is 0 Å². The van der Waals surface area contributed by atoms with Crippen molar-refractivity contribution in [2.24, 2.45) is 5.92 Å². The molecule has 7 rings (SSSR count). The maximum Gasteiger partial charge on any atom is 0.310 e. The normalized spacial score (nSPS) is 18.3. The quantitative estimate of drug-likeness (QED) is 0.412. The molecule has 1 unspecified atom stereocenters. The Kier molecular flexibility index (Phi) is 4.82. The first-order valence-corrected chi connectivity index (χ1v) is 12.8. The van der Waals surface area contributed by atoms with Crippen LogP contribution < -0.4 is 10.9 Å². The second kappa shape index (κ2) is 7.88. The summed E-state index contributed by atoms with van der Waals surface area (Å²) in [6.45, 7) is 0.521. The number of cyclic esters (lactones) is 1. The molecule has 1 fully saturated rings. The van der Waals surface area contributed by atoms with Gasteiger partial charge in [0.2, 0.25) is 5.91 Å². The molecular weight excluding hydrogens is 482 g/mol. The van der Waals surface area contributed by atoms with Crippen molar-refractivity contribution in [3.63, 3.8) is 0 Å². The van der Waals surface area contributed by atoms with Gasteiger partial charge in [0.25, 0.3) is 5.56 Å². The number of amides is 1. The average Bonchev–Trinajstić information content (AvgIpc) is 3.47. The van der Waals surface area contributed by atoms with Crippen LogP contribution in [-0.4, -0.2) is 32.6 Å². The van der Waals surface area contributed by atoms with Crippen molar-refractivity contribution in [3.05, 3.63) is 60.9 Å². The van der Waals surface area contributed by atoms with Gasteiger partial charge in [-0.15, -0.1) is 0 Å². The molecule has 2 aliphatic heterocycles. The molecule has 9 heteroatoms. The van der Waals surface area contributed by atoms with Crippen molar-refractivity contribution in [2.75, 3.05) is 0 Å². The lowest BCUT2D eigenvalue weighted by Crippen LogP contribution is -2.35. The van der Waals surface area contributed by atoms with Crippen molar-refractivity contribution in [1.82, 2.24) is 14.9 Å². The summed E-state index contributed by atoms with van der Waals surface area (Å²) in [5, 5.41) is 14.9. The fourth-order valence-corrected chi connectivity index (χ4v) is 6.34. The van der Waals surface area contributed by atoms with Crippen LogP contribution in [0.5, 0.6) is 0 Å². The lowest BCUT2D eigenvalue weighted by atomic mass is 9.94. The number of hydrogen-bond donors (Lipinski definition) is 2. The Balaban J connectivity index is 1.41. The van der Waals surface area contributed by atoms with E-state index in [-0.39, 0.29) is 42.9 Å². The van der Waals surface area contributed by atoms with Crippen LogP contribution in [0.15, 0.2) is 16.9 Å². The summed E-state index contributed by atoms with van der Waals surface area (Å²) in [6, 6.07) is 3.75. The lowest BCUT2D eigenvalue weighted by molar-refractivity contribution is -0.145. The third-order valence-corrected chi connectivity index (χ3v) is 8.39. The zero-order valence-corrected chi connectivity index (χ0v) is 20.3. The molecule has 2 aromatic heterocycles. The van der Waals surface area contributed by atoms with Crippen molar-refractivity contribution in [2.45, 2.75) is 64.3 Å². The van der Waals surface area contributed by atoms with Gasteiger partial charge in [-0.3, -0.25) is 14.4 Å². The number of halogens is 1. The number of carbonyl (C=O) groups is 2. The number of aliphatic hydroxyl groups excluding tert-OH is 1. The fraction of sp³-hybridized carbons (Fsp3) is 0.407. The summed E-state index contributed by atoms with van der Waals surface area (Å²) in [5.41, 5.74) is 7.12. The number of esters is 1. The summed E-state index contributed by atoms with van der Waals surface area (Å²) in [4.78, 5) is 43.0. The number of nitrogens with zero attached hydrogens (tertiary/aromatic N) is 2. The molecule has 0 bridgehead atoms. The molecule has 1 aromatic carbocycles. The van der Waals surface area contributed by atoms with Gasteiger partial charge in [-0.05, 0) is 72.4 Å². The van der Waals surface area contributed by atoms with Crippen molar-refractivity contribution in [3.8, 4) is 11.4 Å². The van der Waals surface area contributed by atoms with E-state index in [2.05, 4.69) is 5.32 Å². The highest BCUT2D eigenvalue weighted by molar-refractivity contribution is 6.32. The fourth-order valence-electron chi connectivity index (χ4n) is 6.03. The van der Waals surface area contributed by atoms with Gasteiger partial charge in [-0.1, -0.05) is 11.6 Å². The van der Waals surface area contributed by atoms with E-state index < -0.39 is 6.10 Å². The third kappa shape index (κ3) is 3.24. The molecule has 4 aliphatic rings. The molecule has 1 saturated carbocycles. The largest absolute Gasteiger partial charge is 0.460 e. The highest BCUT2D eigenvalue weighted by Crippen LogP contribution is 2.42. The van der Waals surface area contributed by atoms with Crippen molar-refractivity contribution in [1.29, 1.82) is 0 Å². The number of rotatable bonds is 4. The van der Waals surface area contributed by atoms with Gasteiger partial charge in [-0.25, -0.2) is 4.98 Å². The Morgan fingerprint density at radius 1 is 1.19 bits per heavy atom. The van der Waals surface area contributed by atoms with E-state index in [0.29, 0.717) is 34.1 Å². The standard InChI is InChI=1S/C27H24ClN3O5/c28-19-8-20-23(15-3-1-2-14(15)19)16(9-29-26(34)25(33)12-4-5-12)17-10-31-21(24(17)30-20)6-13-7-22(32)36-11-18(13)27(31)35/h6,8,12,25,33H,1-5,7,9-11H2,(H,29,34). The minimum Gasteiger partial charge on any atom is -0.460 e. The Morgan fingerprint density at radius 2 is 2.00 bits per heavy atom. The van der Waals surface area contributed by atoms with Crippen molar-refractivity contribution >= 4 is 34.4 Å². The summed E-state index contributed by atoms with van der Waals surface area (Å²) >= 11 is 6.65. The van der Waals surface area contributed by atoms with Crippen LogP contribution >= 0.6 is 11.6 Å². The first-order chi connectivity index (χ1) is 17.4. The SMILES string of the molecule is O=C1Cc2cc3n(c(=O)c2CO1)Cc1c-3nc2cc(Cl)c3c(c2c1CNC(=O)C(O)C1CC1)CCC3. The van der Waals surface area contributed by atoms with Gasteiger partial charge in [0.15, 0.2) is 0 Å². The monoisotopic (exact) mass is 505 g/mol. The minimum absolute atomic E-state index is 0.0237. The number of aryl methyl sites for hydroxylation is 1. The second-order valence-electron chi connectivity index (χ2n) is 10.2. The Labute approximate surface area is 211 Å². The highest BCUT2D eigenvalue weighted by Gasteiger charge is 2.36. The number of fused-ring (bicyclic) bond motifs is 7. The lowest BCUT2D eigenvalue weighted by Gasteiger charge is -2.18. The van der Waals surface area contributed by atoms with Gasteiger partial charge >= 0.3 is 5.97 Å². The smallest absolute Gasteiger partial charge is 0.310 e. The zero-order chi connectivity index (χ0) is 24.7. The molecule has 1 atom stereocenters. The number of benzene rings is 1. The first kappa shape index (κ1) is 22.0. The first-order valence-electron chi connectivity index (χ1n) is 12.4. The number of aliphatic hydroxyl groups is 1. The molecular formula is C27H24ClN3O5. The number of carbonyl (C=O) groups excluding carboxylic acids is 2. The average molecular weight is 506 g/mol. The summed E-state index contributed by atoms with van der Waals surface area (Å²) in [7, 11) is 0. The number of pyridine rings is 2. The van der Waals surface area contributed by atoms with Crippen LogP contribution in [0.1, 0.15) is 52.6 Å². The van der Waals surface area contributed by atoms with E-state index in [1.54, 1.807) is 4.57 Å². The molecule has 3 aromatic rings. The minimum atomic E-state index is -1.00. The molecule has 36 heavy (non-hydrogen) atoms. The van der Waals surface area contributed by atoms with E-state index in [1.165, 1.54) is 0 Å². The van der Waals surface area contributed by atoms with Crippen LogP contribution in [0.4, 0.5) is 0 Å². The van der Waals surface area contributed by atoms with Gasteiger partial charge in [0.1, 0.15) is 12.7 Å². The zero-order valence-electron chi connectivity index (χ0n) is 19.5. The summed E-state index contributed by atoms with van der Waals surface area (Å²) in [6.07, 6.45) is 3.55. The maximum absolute atomic E-state index is 13.4. The third-order valence-electron chi connectivity index (χ3n) is 8.05. The second-order valence-corrected chi connectivity index (χ2v) is 10.7. The Bertz CT molecular complexity index is 1570. The molecule has 0 radical (unpaired) electrons. The number of aromatic nitrogens is 2. The molecule has 2 N–H and O–H groups in total. The van der Waals surface area contributed by atoms with E-state index in [0.717, 1.165) is 65.3 Å². The maximum atomic E-state index is 13.4. The molecule has 1 amide bonds. The number of nitrogens with one attached hydrogen (secondary N) is 1. The summed E-state index contributed by atoms with van der Waals surface area (Å²) in [5.74, 6) is -0.691. The molecule has 8 nitrogen and oxygen atoms in total. The van der Waals surface area contributed by atoms with E-state index in [1.807, 2.05) is 12.1 Å². The number of ether oxygens (including phenoxy) is 1. The molecule has 0 spiro atoms. The predicted octanol–water partition coefficient (Wildman–Crippen LogP) is 2.55. The van der Waals surface area contributed by atoms with Crippen LogP contribution in [0.2, 0.25) is 5.02 Å². The Morgan fingerprint density at radius 3 is 2.81 bits per heavy atom. The highest BCUT2D eigenvalue weighted by atomic mass is 35.5. The van der Waals surface area contributed by atoms with Crippen molar-refractivity contribution < 1.29 is 19.4 Å². The van der Waals surface area contributed by atoms with Crippen LogP contribution in [-0.2, 0) is 53.3 Å². The molecule has 2 aliphatic carbocycles. The Hall–Kier alpha value is -3.23. The van der Waals surface area contributed by atoms with E-state index >= 15 is 0 Å².